The van der Waals surface area contributed by atoms with Crippen molar-refractivity contribution < 1.29 is 9.53 Å². The van der Waals surface area contributed by atoms with Gasteiger partial charge in [0.2, 0.25) is 5.91 Å². The summed E-state index contributed by atoms with van der Waals surface area (Å²) in [7, 11) is 0. The number of nitrogens with zero attached hydrogens (tertiary/aromatic N) is 1. The lowest BCUT2D eigenvalue weighted by Gasteiger charge is -2.47. The lowest BCUT2D eigenvalue weighted by Crippen LogP contribution is -2.59. The molecule has 0 aromatic rings. The molecule has 1 heterocycles. The van der Waals surface area contributed by atoms with Gasteiger partial charge >= 0.3 is 0 Å². The van der Waals surface area contributed by atoms with Gasteiger partial charge in [-0.05, 0) is 27.7 Å². The van der Waals surface area contributed by atoms with Crippen LogP contribution in [0.4, 0.5) is 0 Å². The normalized spacial score (nSPS) is 22.9. The van der Waals surface area contributed by atoms with Crippen LogP contribution in [0.15, 0.2) is 0 Å². The standard InChI is InChI=1S/C13H26N2O2/c1-10(2)14-7-11(16)15-8-12(3,4)17-13(5,6)9-15/h10,14H,7-9H2,1-6H3. The molecule has 17 heavy (non-hydrogen) atoms. The molecule has 1 fully saturated rings. The van der Waals surface area contributed by atoms with E-state index >= 15 is 0 Å². The van der Waals surface area contributed by atoms with E-state index in [0.717, 1.165) is 0 Å². The van der Waals surface area contributed by atoms with E-state index in [9.17, 15) is 4.79 Å². The third-order valence-corrected chi connectivity index (χ3v) is 2.71. The van der Waals surface area contributed by atoms with Gasteiger partial charge in [-0.25, -0.2) is 0 Å². The Labute approximate surface area is 105 Å². The van der Waals surface area contributed by atoms with E-state index in [1.807, 2.05) is 46.4 Å². The Morgan fingerprint density at radius 1 is 1.24 bits per heavy atom. The number of ether oxygens (including phenoxy) is 1. The van der Waals surface area contributed by atoms with Crippen LogP contribution in [0.1, 0.15) is 41.5 Å². The van der Waals surface area contributed by atoms with Gasteiger partial charge in [0, 0.05) is 19.1 Å². The van der Waals surface area contributed by atoms with Crippen molar-refractivity contribution >= 4 is 5.91 Å². The second-order valence-corrected chi connectivity index (χ2v) is 6.41. The van der Waals surface area contributed by atoms with Gasteiger partial charge in [0.25, 0.3) is 0 Å². The highest BCUT2D eigenvalue weighted by molar-refractivity contribution is 5.78. The van der Waals surface area contributed by atoms with Gasteiger partial charge < -0.3 is 15.0 Å². The molecule has 1 aliphatic heterocycles. The quantitative estimate of drug-likeness (QED) is 0.813. The van der Waals surface area contributed by atoms with Crippen LogP contribution >= 0.6 is 0 Å². The summed E-state index contributed by atoms with van der Waals surface area (Å²) in [5, 5.41) is 3.17. The Morgan fingerprint density at radius 2 is 1.71 bits per heavy atom. The van der Waals surface area contributed by atoms with E-state index in [4.69, 9.17) is 4.74 Å². The first-order valence-corrected chi connectivity index (χ1v) is 6.33. The Bertz CT molecular complexity index is 269. The highest BCUT2D eigenvalue weighted by Crippen LogP contribution is 2.27. The Kier molecular flexibility index (Phi) is 4.20. The minimum atomic E-state index is -0.269. The minimum Gasteiger partial charge on any atom is -0.366 e. The maximum atomic E-state index is 12.1. The van der Waals surface area contributed by atoms with Crippen molar-refractivity contribution in [2.24, 2.45) is 0 Å². The number of amides is 1. The Hall–Kier alpha value is -0.610. The summed E-state index contributed by atoms with van der Waals surface area (Å²) in [5.74, 6) is 0.156. The molecule has 0 aromatic heterocycles. The van der Waals surface area contributed by atoms with Crippen molar-refractivity contribution in [2.45, 2.75) is 58.8 Å². The molecular weight excluding hydrogens is 216 g/mol. The summed E-state index contributed by atoms with van der Waals surface area (Å²) in [6, 6.07) is 0.334. The number of carbonyl (C=O) groups excluding carboxylic acids is 1. The first-order valence-electron chi connectivity index (χ1n) is 6.33. The molecule has 4 nitrogen and oxygen atoms in total. The Balaban J connectivity index is 2.61. The topological polar surface area (TPSA) is 41.6 Å². The fourth-order valence-electron chi connectivity index (χ4n) is 2.37. The molecule has 1 aliphatic rings. The zero-order valence-electron chi connectivity index (χ0n) is 12.0. The van der Waals surface area contributed by atoms with Gasteiger partial charge in [0.1, 0.15) is 0 Å². The molecule has 1 amide bonds. The number of morpholine rings is 1. The van der Waals surface area contributed by atoms with Crippen molar-refractivity contribution in [2.75, 3.05) is 19.6 Å². The number of nitrogens with one attached hydrogen (secondary N) is 1. The lowest BCUT2D eigenvalue weighted by atomic mass is 9.99. The molecule has 0 saturated carbocycles. The number of carbonyl (C=O) groups is 1. The van der Waals surface area contributed by atoms with E-state index in [0.29, 0.717) is 25.7 Å². The maximum absolute atomic E-state index is 12.1. The molecule has 0 aliphatic carbocycles. The molecule has 1 N–H and O–H groups in total. The monoisotopic (exact) mass is 242 g/mol. The lowest BCUT2D eigenvalue weighted by molar-refractivity contribution is -0.187. The van der Waals surface area contributed by atoms with E-state index in [2.05, 4.69) is 5.32 Å². The Morgan fingerprint density at radius 3 is 2.12 bits per heavy atom. The molecule has 4 heteroatoms. The summed E-state index contributed by atoms with van der Waals surface area (Å²) in [6.45, 7) is 13.9. The average molecular weight is 242 g/mol. The van der Waals surface area contributed by atoms with Gasteiger partial charge in [0.15, 0.2) is 0 Å². The second kappa shape index (κ2) is 4.94. The molecule has 1 saturated heterocycles. The molecule has 0 unspecified atom stereocenters. The largest absolute Gasteiger partial charge is 0.366 e. The van der Waals surface area contributed by atoms with Crippen molar-refractivity contribution in [3.05, 3.63) is 0 Å². The van der Waals surface area contributed by atoms with Crippen LogP contribution in [0, 0.1) is 0 Å². The number of hydrogen-bond donors (Lipinski definition) is 1. The highest BCUT2D eigenvalue weighted by atomic mass is 16.5. The van der Waals surface area contributed by atoms with Crippen LogP contribution in [-0.4, -0.2) is 47.7 Å². The van der Waals surface area contributed by atoms with Crippen LogP contribution in [0.2, 0.25) is 0 Å². The molecule has 0 aromatic carbocycles. The zero-order valence-corrected chi connectivity index (χ0v) is 12.0. The van der Waals surface area contributed by atoms with Gasteiger partial charge in [-0.2, -0.15) is 0 Å². The number of rotatable bonds is 3. The molecular formula is C13H26N2O2. The van der Waals surface area contributed by atoms with Crippen LogP contribution in [0.5, 0.6) is 0 Å². The van der Waals surface area contributed by atoms with Crippen molar-refractivity contribution in [3.63, 3.8) is 0 Å². The van der Waals surface area contributed by atoms with E-state index in [-0.39, 0.29) is 17.1 Å². The van der Waals surface area contributed by atoms with Gasteiger partial charge in [0.05, 0.1) is 17.7 Å². The van der Waals surface area contributed by atoms with Crippen LogP contribution < -0.4 is 5.32 Å². The summed E-state index contributed by atoms with van der Waals surface area (Å²) in [6.07, 6.45) is 0. The zero-order chi connectivity index (χ0) is 13.3. The molecule has 0 bridgehead atoms. The van der Waals surface area contributed by atoms with Gasteiger partial charge in [-0.15, -0.1) is 0 Å². The summed E-state index contributed by atoms with van der Waals surface area (Å²) in [5.41, 5.74) is -0.537. The second-order valence-electron chi connectivity index (χ2n) is 6.41. The predicted octanol–water partition coefficient (Wildman–Crippen LogP) is 1.40. The van der Waals surface area contributed by atoms with Crippen molar-refractivity contribution in [1.82, 2.24) is 10.2 Å². The summed E-state index contributed by atoms with van der Waals surface area (Å²) >= 11 is 0. The molecule has 0 atom stereocenters. The summed E-state index contributed by atoms with van der Waals surface area (Å²) in [4.78, 5) is 14.0. The fourth-order valence-corrected chi connectivity index (χ4v) is 2.37. The van der Waals surface area contributed by atoms with E-state index in [1.54, 1.807) is 0 Å². The third-order valence-electron chi connectivity index (χ3n) is 2.71. The van der Waals surface area contributed by atoms with Gasteiger partial charge in [-0.1, -0.05) is 13.8 Å². The minimum absolute atomic E-state index is 0.156. The highest BCUT2D eigenvalue weighted by Gasteiger charge is 2.39. The molecule has 0 radical (unpaired) electrons. The molecule has 1 rings (SSSR count). The van der Waals surface area contributed by atoms with Crippen LogP contribution in [0.25, 0.3) is 0 Å². The van der Waals surface area contributed by atoms with Crippen LogP contribution in [-0.2, 0) is 9.53 Å². The first-order chi connectivity index (χ1) is 7.61. The smallest absolute Gasteiger partial charge is 0.236 e. The average Bonchev–Trinajstić information content (AvgIpc) is 2.08. The molecule has 0 spiro atoms. The third kappa shape index (κ3) is 4.64. The number of hydrogen-bond acceptors (Lipinski definition) is 3. The van der Waals surface area contributed by atoms with Crippen LogP contribution in [0.3, 0.4) is 0 Å². The molecule has 100 valence electrons. The van der Waals surface area contributed by atoms with Crippen molar-refractivity contribution in [1.29, 1.82) is 0 Å². The van der Waals surface area contributed by atoms with E-state index < -0.39 is 0 Å². The fraction of sp³-hybridized carbons (Fsp3) is 0.923. The maximum Gasteiger partial charge on any atom is 0.236 e. The SMILES string of the molecule is CC(C)NCC(=O)N1CC(C)(C)OC(C)(C)C1. The predicted molar refractivity (Wildman–Crippen MR) is 69.0 cm³/mol. The summed E-state index contributed by atoms with van der Waals surface area (Å²) < 4.78 is 5.95. The van der Waals surface area contributed by atoms with Crippen molar-refractivity contribution in [3.8, 4) is 0 Å². The van der Waals surface area contributed by atoms with Gasteiger partial charge in [-0.3, -0.25) is 4.79 Å². The van der Waals surface area contributed by atoms with E-state index in [1.165, 1.54) is 0 Å². The first kappa shape index (κ1) is 14.5.